The van der Waals surface area contributed by atoms with Crippen molar-refractivity contribution in [2.75, 3.05) is 6.61 Å². The first kappa shape index (κ1) is 20.3. The molecule has 2 amide bonds. The van der Waals surface area contributed by atoms with Gasteiger partial charge in [0.05, 0.1) is 0 Å². The second-order valence-electron chi connectivity index (χ2n) is 7.37. The number of carbonyl (C=O) groups excluding carboxylic acids is 2. The van der Waals surface area contributed by atoms with Crippen LogP contribution in [0.4, 0.5) is 0 Å². The van der Waals surface area contributed by atoms with Crippen molar-refractivity contribution in [2.24, 2.45) is 5.41 Å². The molecule has 0 saturated heterocycles. The molecule has 0 fully saturated rings. The standard InChI is InChI=1S/C21H26N2O4/c1-21(2,3)13-19(24)22-23-20(25)15-27-18-11-9-17(10-12-18)26-14-16-7-5-4-6-8-16/h4-12H,13-15H2,1-3H3,(H,22,24)(H,23,25). The van der Waals surface area contributed by atoms with E-state index in [9.17, 15) is 9.59 Å². The molecule has 6 nitrogen and oxygen atoms in total. The molecule has 0 unspecified atom stereocenters. The van der Waals surface area contributed by atoms with E-state index in [1.165, 1.54) is 0 Å². The van der Waals surface area contributed by atoms with Gasteiger partial charge in [-0.3, -0.25) is 20.4 Å². The van der Waals surface area contributed by atoms with Crippen LogP contribution < -0.4 is 20.3 Å². The third-order valence-corrected chi connectivity index (χ3v) is 3.47. The summed E-state index contributed by atoms with van der Waals surface area (Å²) < 4.78 is 11.1. The number of ether oxygens (including phenoxy) is 2. The Balaban J connectivity index is 1.70. The summed E-state index contributed by atoms with van der Waals surface area (Å²) in [4.78, 5) is 23.4. The summed E-state index contributed by atoms with van der Waals surface area (Å²) in [5.74, 6) is 0.584. The first-order chi connectivity index (χ1) is 12.8. The molecule has 6 heteroatoms. The molecule has 0 saturated carbocycles. The quantitative estimate of drug-likeness (QED) is 0.734. The molecule has 2 rings (SSSR count). The molecule has 2 N–H and O–H groups in total. The minimum atomic E-state index is -0.429. The van der Waals surface area contributed by atoms with E-state index in [-0.39, 0.29) is 17.9 Å². The van der Waals surface area contributed by atoms with Crippen molar-refractivity contribution >= 4 is 11.8 Å². The lowest BCUT2D eigenvalue weighted by molar-refractivity contribution is -0.130. The minimum absolute atomic E-state index is 0.143. The zero-order valence-electron chi connectivity index (χ0n) is 16.0. The Hall–Kier alpha value is -3.02. The molecule has 0 aliphatic heterocycles. The normalized spacial score (nSPS) is 10.8. The lowest BCUT2D eigenvalue weighted by atomic mass is 9.92. The number of carbonyl (C=O) groups is 2. The third kappa shape index (κ3) is 8.27. The van der Waals surface area contributed by atoms with Crippen LogP contribution in [0.5, 0.6) is 11.5 Å². The van der Waals surface area contributed by atoms with E-state index >= 15 is 0 Å². The summed E-state index contributed by atoms with van der Waals surface area (Å²) in [5.41, 5.74) is 5.66. The molecule has 0 spiro atoms. The second-order valence-corrected chi connectivity index (χ2v) is 7.37. The molecular formula is C21H26N2O4. The SMILES string of the molecule is CC(C)(C)CC(=O)NNC(=O)COc1ccc(OCc2ccccc2)cc1. The average Bonchev–Trinajstić information content (AvgIpc) is 2.63. The van der Waals surface area contributed by atoms with Gasteiger partial charge in [-0.15, -0.1) is 0 Å². The van der Waals surface area contributed by atoms with Crippen molar-refractivity contribution in [1.29, 1.82) is 0 Å². The van der Waals surface area contributed by atoms with Crippen LogP contribution in [0.3, 0.4) is 0 Å². The Kier molecular flexibility index (Phi) is 7.23. The summed E-state index contributed by atoms with van der Waals surface area (Å²) in [6.07, 6.45) is 0.318. The lowest BCUT2D eigenvalue weighted by Gasteiger charge is -2.17. The molecule has 0 aromatic heterocycles. The van der Waals surface area contributed by atoms with Gasteiger partial charge in [-0.2, -0.15) is 0 Å². The van der Waals surface area contributed by atoms with E-state index in [4.69, 9.17) is 9.47 Å². The molecule has 0 aliphatic carbocycles. The molecule has 2 aromatic rings. The van der Waals surface area contributed by atoms with Crippen molar-refractivity contribution in [3.8, 4) is 11.5 Å². The van der Waals surface area contributed by atoms with Gasteiger partial charge < -0.3 is 9.47 Å². The van der Waals surface area contributed by atoms with E-state index < -0.39 is 5.91 Å². The van der Waals surface area contributed by atoms with Gasteiger partial charge in [0.25, 0.3) is 5.91 Å². The smallest absolute Gasteiger partial charge is 0.276 e. The largest absolute Gasteiger partial charge is 0.489 e. The number of hydrazine groups is 1. The van der Waals surface area contributed by atoms with E-state index in [0.717, 1.165) is 5.56 Å². The van der Waals surface area contributed by atoms with Gasteiger partial charge in [-0.05, 0) is 35.2 Å². The number of benzene rings is 2. The number of amides is 2. The van der Waals surface area contributed by atoms with Crippen LogP contribution in [-0.4, -0.2) is 18.4 Å². The highest BCUT2D eigenvalue weighted by Crippen LogP contribution is 2.19. The summed E-state index contributed by atoms with van der Waals surface area (Å²) in [6, 6.07) is 16.9. The van der Waals surface area contributed by atoms with Crippen LogP contribution in [-0.2, 0) is 16.2 Å². The predicted octanol–water partition coefficient (Wildman–Crippen LogP) is 3.23. The van der Waals surface area contributed by atoms with Crippen LogP contribution in [0, 0.1) is 5.41 Å². The fraction of sp³-hybridized carbons (Fsp3) is 0.333. The summed E-state index contributed by atoms with van der Waals surface area (Å²) in [7, 11) is 0. The van der Waals surface area contributed by atoms with E-state index in [1.54, 1.807) is 24.3 Å². The number of rotatable bonds is 7. The monoisotopic (exact) mass is 370 g/mol. The number of hydrogen-bond acceptors (Lipinski definition) is 4. The Bertz CT molecular complexity index is 737. The molecular weight excluding hydrogens is 344 g/mol. The highest BCUT2D eigenvalue weighted by Gasteiger charge is 2.16. The van der Waals surface area contributed by atoms with Crippen molar-refractivity contribution in [3.05, 3.63) is 60.2 Å². The lowest BCUT2D eigenvalue weighted by Crippen LogP contribution is -2.44. The minimum Gasteiger partial charge on any atom is -0.489 e. The predicted molar refractivity (Wildman–Crippen MR) is 103 cm³/mol. The van der Waals surface area contributed by atoms with Gasteiger partial charge in [0, 0.05) is 6.42 Å². The summed E-state index contributed by atoms with van der Waals surface area (Å²) in [5, 5.41) is 0. The molecule has 27 heavy (non-hydrogen) atoms. The fourth-order valence-electron chi connectivity index (χ4n) is 2.22. The molecule has 0 heterocycles. The van der Waals surface area contributed by atoms with Gasteiger partial charge in [-0.25, -0.2) is 0 Å². The maximum absolute atomic E-state index is 11.7. The number of hydrogen-bond donors (Lipinski definition) is 2. The summed E-state index contributed by atoms with van der Waals surface area (Å²) in [6.45, 7) is 6.14. The zero-order chi connectivity index (χ0) is 19.7. The zero-order valence-corrected chi connectivity index (χ0v) is 16.0. The molecule has 0 aliphatic rings. The van der Waals surface area contributed by atoms with Crippen LogP contribution in [0.2, 0.25) is 0 Å². The maximum Gasteiger partial charge on any atom is 0.276 e. The summed E-state index contributed by atoms with van der Waals surface area (Å²) >= 11 is 0. The van der Waals surface area contributed by atoms with E-state index in [1.807, 2.05) is 51.1 Å². The van der Waals surface area contributed by atoms with Crippen LogP contribution >= 0.6 is 0 Å². The van der Waals surface area contributed by atoms with Gasteiger partial charge in [0.15, 0.2) is 6.61 Å². The number of nitrogens with one attached hydrogen (secondary N) is 2. The average molecular weight is 370 g/mol. The Morgan fingerprint density at radius 1 is 0.815 bits per heavy atom. The van der Waals surface area contributed by atoms with Gasteiger partial charge in [0.2, 0.25) is 5.91 Å². The van der Waals surface area contributed by atoms with E-state index in [0.29, 0.717) is 24.5 Å². The van der Waals surface area contributed by atoms with Crippen molar-refractivity contribution < 1.29 is 19.1 Å². The maximum atomic E-state index is 11.7. The topological polar surface area (TPSA) is 76.7 Å². The fourth-order valence-corrected chi connectivity index (χ4v) is 2.22. The molecule has 2 aromatic carbocycles. The third-order valence-electron chi connectivity index (χ3n) is 3.47. The molecule has 0 radical (unpaired) electrons. The second kappa shape index (κ2) is 9.62. The molecule has 0 bridgehead atoms. The molecule has 144 valence electrons. The van der Waals surface area contributed by atoms with Crippen LogP contribution in [0.25, 0.3) is 0 Å². The Morgan fingerprint density at radius 3 is 1.96 bits per heavy atom. The highest BCUT2D eigenvalue weighted by molar-refractivity contribution is 5.82. The van der Waals surface area contributed by atoms with Crippen molar-refractivity contribution in [3.63, 3.8) is 0 Å². The van der Waals surface area contributed by atoms with Crippen LogP contribution in [0.1, 0.15) is 32.8 Å². The first-order valence-corrected chi connectivity index (χ1v) is 8.79. The Labute approximate surface area is 159 Å². The van der Waals surface area contributed by atoms with Crippen molar-refractivity contribution in [1.82, 2.24) is 10.9 Å². The molecule has 0 atom stereocenters. The Morgan fingerprint density at radius 2 is 1.37 bits per heavy atom. The van der Waals surface area contributed by atoms with Gasteiger partial charge in [0.1, 0.15) is 18.1 Å². The van der Waals surface area contributed by atoms with Crippen LogP contribution in [0.15, 0.2) is 54.6 Å². The van der Waals surface area contributed by atoms with Gasteiger partial charge >= 0.3 is 0 Å². The van der Waals surface area contributed by atoms with E-state index in [2.05, 4.69) is 10.9 Å². The first-order valence-electron chi connectivity index (χ1n) is 8.79. The van der Waals surface area contributed by atoms with Crippen molar-refractivity contribution in [2.45, 2.75) is 33.8 Å². The highest BCUT2D eigenvalue weighted by atomic mass is 16.5. The van der Waals surface area contributed by atoms with Gasteiger partial charge in [-0.1, -0.05) is 51.1 Å².